The van der Waals surface area contributed by atoms with E-state index in [0.717, 1.165) is 51.4 Å². The van der Waals surface area contributed by atoms with Crippen molar-refractivity contribution in [2.45, 2.75) is 79.1 Å². The number of rotatable bonds is 14. The average Bonchev–Trinajstić information content (AvgIpc) is 2.54. The van der Waals surface area contributed by atoms with Crippen molar-refractivity contribution in [3.8, 4) is 0 Å². The minimum atomic E-state index is -3.89. The summed E-state index contributed by atoms with van der Waals surface area (Å²) in [5.74, 6) is 0.687. The van der Waals surface area contributed by atoms with Crippen LogP contribution in [0.2, 0.25) is 0 Å². The topological polar surface area (TPSA) is 125 Å². The molecule has 0 bridgehead atoms. The maximum absolute atomic E-state index is 11.9. The molecular weight excluding hydrogens is 343 g/mol. The first-order valence-electron chi connectivity index (χ1n) is 9.38. The first kappa shape index (κ1) is 26.6. The van der Waals surface area contributed by atoms with Gasteiger partial charge < -0.3 is 16.4 Å². The quantitative estimate of drug-likeness (QED) is 0.379. The molecule has 0 saturated carbocycles. The summed E-state index contributed by atoms with van der Waals surface area (Å²) in [7, 11) is -3.89. The molecule has 5 N–H and O–H groups in total. The Balaban J connectivity index is 0. The van der Waals surface area contributed by atoms with Crippen molar-refractivity contribution in [3.05, 3.63) is 0 Å². The molecule has 0 aromatic rings. The molecule has 0 aliphatic carbocycles. The molecule has 0 aromatic heterocycles. The lowest BCUT2D eigenvalue weighted by Crippen LogP contribution is -2.18. The standard InChI is InChI=1S/C16H35O4P.CH4N2O/c1-5-9-11-15(7-3)13-19-21(17,18)20-14-16(8-4)12-10-6-2;2-1(3)4/h15-16H,5-14H2,1-4H3,(H,17,18);(H4,2,3,4). The molecule has 0 spiro atoms. The highest BCUT2D eigenvalue weighted by Crippen LogP contribution is 2.44. The highest BCUT2D eigenvalue weighted by molar-refractivity contribution is 7.47. The van der Waals surface area contributed by atoms with Gasteiger partial charge in [-0.2, -0.15) is 0 Å². The van der Waals surface area contributed by atoms with Gasteiger partial charge in [-0.1, -0.05) is 66.2 Å². The van der Waals surface area contributed by atoms with Crippen molar-refractivity contribution >= 4 is 13.9 Å². The number of hydrogen-bond acceptors (Lipinski definition) is 4. The molecule has 7 nitrogen and oxygen atoms in total. The Morgan fingerprint density at radius 2 is 1.24 bits per heavy atom. The lowest BCUT2D eigenvalue weighted by molar-refractivity contribution is 0.110. The van der Waals surface area contributed by atoms with Crippen LogP contribution in [0.25, 0.3) is 0 Å². The van der Waals surface area contributed by atoms with E-state index in [1.54, 1.807) is 0 Å². The number of carbonyl (C=O) groups is 1. The molecule has 0 fully saturated rings. The summed E-state index contributed by atoms with van der Waals surface area (Å²) in [4.78, 5) is 18.8. The molecule has 0 rings (SSSR count). The molecule has 152 valence electrons. The lowest BCUT2D eigenvalue weighted by atomic mass is 10.0. The number of nitrogens with two attached hydrogens (primary N) is 2. The summed E-state index contributed by atoms with van der Waals surface area (Å²) in [5.41, 5.74) is 8.50. The Labute approximate surface area is 153 Å². The smallest absolute Gasteiger partial charge is 0.352 e. The highest BCUT2D eigenvalue weighted by atomic mass is 31.2. The summed E-state index contributed by atoms with van der Waals surface area (Å²) >= 11 is 0. The fraction of sp³-hybridized carbons (Fsp3) is 0.941. The fourth-order valence-corrected chi connectivity index (χ4v) is 3.11. The number of amides is 2. The summed E-state index contributed by atoms with van der Waals surface area (Å²) < 4.78 is 22.2. The predicted octanol–water partition coefficient (Wildman–Crippen LogP) is 4.58. The molecule has 0 aromatic carbocycles. The minimum absolute atomic E-state index is 0.316. The zero-order chi connectivity index (χ0) is 19.7. The number of phosphoric ester groups is 1. The molecule has 2 unspecified atom stereocenters. The maximum Gasteiger partial charge on any atom is 0.472 e. The molecule has 0 heterocycles. The van der Waals surface area contributed by atoms with E-state index in [4.69, 9.17) is 13.8 Å². The van der Waals surface area contributed by atoms with Crippen LogP contribution in [-0.4, -0.2) is 24.1 Å². The molecule has 0 aliphatic rings. The largest absolute Gasteiger partial charge is 0.472 e. The molecule has 25 heavy (non-hydrogen) atoms. The van der Waals surface area contributed by atoms with Gasteiger partial charge >= 0.3 is 13.9 Å². The van der Waals surface area contributed by atoms with E-state index in [-0.39, 0.29) is 0 Å². The van der Waals surface area contributed by atoms with E-state index >= 15 is 0 Å². The van der Waals surface area contributed by atoms with Gasteiger partial charge in [0.25, 0.3) is 0 Å². The normalized spacial score (nSPS) is 15.6. The summed E-state index contributed by atoms with van der Waals surface area (Å²) in [6.45, 7) is 9.10. The zero-order valence-electron chi connectivity index (χ0n) is 16.4. The van der Waals surface area contributed by atoms with Crippen LogP contribution in [-0.2, 0) is 13.6 Å². The van der Waals surface area contributed by atoms with E-state index in [1.165, 1.54) is 0 Å². The molecule has 8 heteroatoms. The number of carbonyl (C=O) groups excluding carboxylic acids is 1. The molecule has 2 amide bonds. The summed E-state index contributed by atoms with van der Waals surface area (Å²) in [5, 5.41) is 0. The second-order valence-corrected chi connectivity index (χ2v) is 7.75. The minimum Gasteiger partial charge on any atom is -0.352 e. The molecule has 2 atom stereocenters. The van der Waals surface area contributed by atoms with Gasteiger partial charge in [-0.15, -0.1) is 0 Å². The van der Waals surface area contributed by atoms with Crippen LogP contribution < -0.4 is 11.5 Å². The number of phosphoric acid groups is 1. The van der Waals surface area contributed by atoms with Crippen molar-refractivity contribution in [1.29, 1.82) is 0 Å². The molecule has 0 saturated heterocycles. The van der Waals surface area contributed by atoms with Gasteiger partial charge in [-0.25, -0.2) is 9.36 Å². The zero-order valence-corrected chi connectivity index (χ0v) is 17.3. The summed E-state index contributed by atoms with van der Waals surface area (Å²) in [6.07, 6.45) is 8.56. The Kier molecular flexibility index (Phi) is 17.9. The third-order valence-electron chi connectivity index (χ3n) is 4.03. The van der Waals surface area contributed by atoms with Crippen molar-refractivity contribution in [2.75, 3.05) is 13.2 Å². The van der Waals surface area contributed by atoms with Crippen LogP contribution in [0.15, 0.2) is 0 Å². The van der Waals surface area contributed by atoms with Gasteiger partial charge in [0.05, 0.1) is 13.2 Å². The number of urea groups is 1. The average molecular weight is 382 g/mol. The Morgan fingerprint density at radius 3 is 1.48 bits per heavy atom. The first-order chi connectivity index (χ1) is 11.7. The van der Waals surface area contributed by atoms with E-state index in [0.29, 0.717) is 25.0 Å². The lowest BCUT2D eigenvalue weighted by Gasteiger charge is -2.20. The van der Waals surface area contributed by atoms with Gasteiger partial charge in [-0.05, 0) is 24.7 Å². The fourth-order valence-electron chi connectivity index (χ4n) is 2.23. The second kappa shape index (κ2) is 16.8. The van der Waals surface area contributed by atoms with E-state index in [2.05, 4.69) is 39.2 Å². The maximum atomic E-state index is 11.9. The van der Waals surface area contributed by atoms with E-state index < -0.39 is 13.9 Å². The Bertz CT molecular complexity index is 341. The number of primary amides is 2. The van der Waals surface area contributed by atoms with Gasteiger partial charge in [0.15, 0.2) is 0 Å². The molecular formula is C17H39N2O5P. The van der Waals surface area contributed by atoms with Gasteiger partial charge in [-0.3, -0.25) is 9.05 Å². The van der Waals surface area contributed by atoms with Crippen molar-refractivity contribution in [2.24, 2.45) is 23.3 Å². The van der Waals surface area contributed by atoms with Crippen molar-refractivity contribution in [1.82, 2.24) is 0 Å². The Morgan fingerprint density at radius 1 is 0.920 bits per heavy atom. The van der Waals surface area contributed by atoms with Crippen LogP contribution >= 0.6 is 7.82 Å². The van der Waals surface area contributed by atoms with Crippen LogP contribution in [0, 0.1) is 11.8 Å². The van der Waals surface area contributed by atoms with Crippen LogP contribution in [0.5, 0.6) is 0 Å². The number of unbranched alkanes of at least 4 members (excludes halogenated alkanes) is 2. The highest BCUT2D eigenvalue weighted by Gasteiger charge is 2.24. The van der Waals surface area contributed by atoms with Crippen molar-refractivity contribution < 1.29 is 23.3 Å². The van der Waals surface area contributed by atoms with Crippen LogP contribution in [0.3, 0.4) is 0 Å². The van der Waals surface area contributed by atoms with Crippen LogP contribution in [0.1, 0.15) is 79.1 Å². The monoisotopic (exact) mass is 382 g/mol. The van der Waals surface area contributed by atoms with E-state index in [1.807, 2.05) is 0 Å². The van der Waals surface area contributed by atoms with Crippen molar-refractivity contribution in [3.63, 3.8) is 0 Å². The number of hydrogen-bond donors (Lipinski definition) is 3. The predicted molar refractivity (Wildman–Crippen MR) is 102 cm³/mol. The van der Waals surface area contributed by atoms with Gasteiger partial charge in [0.1, 0.15) is 0 Å². The van der Waals surface area contributed by atoms with E-state index in [9.17, 15) is 9.46 Å². The Hall–Kier alpha value is -0.620. The van der Waals surface area contributed by atoms with Crippen LogP contribution in [0.4, 0.5) is 4.79 Å². The second-order valence-electron chi connectivity index (χ2n) is 6.30. The van der Waals surface area contributed by atoms with Gasteiger partial charge in [0.2, 0.25) is 0 Å². The van der Waals surface area contributed by atoms with Gasteiger partial charge in [0, 0.05) is 0 Å². The summed E-state index contributed by atoms with van der Waals surface area (Å²) in [6, 6.07) is -0.833. The third kappa shape index (κ3) is 19.6. The third-order valence-corrected chi connectivity index (χ3v) is 4.98. The molecule has 0 aliphatic heterocycles. The molecule has 0 radical (unpaired) electrons. The first-order valence-corrected chi connectivity index (χ1v) is 10.9. The SMILES string of the molecule is CCCCC(CC)COP(=O)(O)OCC(CC)CCCC.NC(N)=O.